The number of rotatable bonds is 25. The summed E-state index contributed by atoms with van der Waals surface area (Å²) in [7, 11) is -3.62. The summed E-state index contributed by atoms with van der Waals surface area (Å²) in [5.74, 6) is -1.21. The molecule has 0 saturated carbocycles. The molecule has 51 heavy (non-hydrogen) atoms. The third-order valence-corrected chi connectivity index (χ3v) is 10.6. The number of aryl methyl sites for hydroxylation is 1. The van der Waals surface area contributed by atoms with Crippen LogP contribution in [0.15, 0.2) is 41.4 Å². The quantitative estimate of drug-likeness (QED) is 0.0527. The maximum Gasteiger partial charge on any atom is 0.278 e. The predicted octanol–water partition coefficient (Wildman–Crippen LogP) is 10.0. The van der Waals surface area contributed by atoms with Gasteiger partial charge in [-0.1, -0.05) is 123 Å². The van der Waals surface area contributed by atoms with Crippen molar-refractivity contribution in [3.63, 3.8) is 0 Å². The summed E-state index contributed by atoms with van der Waals surface area (Å²) in [6, 6.07) is 9.97. The molecule has 0 aromatic heterocycles. The molecule has 0 saturated heterocycles. The van der Waals surface area contributed by atoms with Gasteiger partial charge in [0.05, 0.1) is 34.4 Å². The lowest BCUT2D eigenvalue weighted by atomic mass is 9.87. The van der Waals surface area contributed by atoms with Gasteiger partial charge in [0.1, 0.15) is 0 Å². The van der Waals surface area contributed by atoms with Gasteiger partial charge in [-0.25, -0.2) is 13.4 Å². The van der Waals surface area contributed by atoms with Crippen LogP contribution in [-0.2, 0) is 19.6 Å². The van der Waals surface area contributed by atoms with Gasteiger partial charge < -0.3 is 15.3 Å². The van der Waals surface area contributed by atoms with Gasteiger partial charge in [-0.3, -0.25) is 14.3 Å². The average molecular weight is 747 g/mol. The number of likely N-dealkylation sites (N-methyl/N-ethyl adjacent to an activating group) is 1. The molecule has 3 N–H and O–H groups in total. The van der Waals surface area contributed by atoms with Crippen LogP contribution in [-0.4, -0.2) is 56.4 Å². The first-order valence-electron chi connectivity index (χ1n) is 18.9. The van der Waals surface area contributed by atoms with Gasteiger partial charge in [0.2, 0.25) is 10.0 Å². The van der Waals surface area contributed by atoms with Crippen molar-refractivity contribution < 1.29 is 23.1 Å². The van der Waals surface area contributed by atoms with Crippen molar-refractivity contribution >= 4 is 61.8 Å². The number of halogens is 1. The molecule has 0 aliphatic carbocycles. The summed E-state index contributed by atoms with van der Waals surface area (Å²) in [5, 5.41) is 12.3. The summed E-state index contributed by atoms with van der Waals surface area (Å²) >= 11 is 6.42. The first-order chi connectivity index (χ1) is 24.2. The Labute approximate surface area is 313 Å². The number of unbranched alkanes of at least 4 members (excludes halogenated alkanes) is 13. The molecule has 0 fully saturated rings. The molecule has 2 rings (SSSR count). The molecule has 9 nitrogen and oxygen atoms in total. The first-order valence-corrected chi connectivity index (χ1v) is 21.0. The second-order valence-electron chi connectivity index (χ2n) is 14.5. The molecule has 0 atom stereocenters. The van der Waals surface area contributed by atoms with Crippen molar-refractivity contribution in [2.24, 2.45) is 10.4 Å². The van der Waals surface area contributed by atoms with E-state index in [0.29, 0.717) is 25.2 Å². The number of aliphatic hydroxyl groups is 1. The van der Waals surface area contributed by atoms with Crippen molar-refractivity contribution in [3.05, 3.63) is 47.0 Å². The van der Waals surface area contributed by atoms with Crippen LogP contribution in [0.25, 0.3) is 0 Å². The van der Waals surface area contributed by atoms with E-state index in [0.717, 1.165) is 30.5 Å². The number of aliphatic imine (C=N–C) groups is 1. The Balaban J connectivity index is 2.00. The zero-order valence-corrected chi connectivity index (χ0v) is 33.5. The van der Waals surface area contributed by atoms with Crippen molar-refractivity contribution in [1.82, 2.24) is 0 Å². The minimum atomic E-state index is -3.62. The number of benzene rings is 2. The molecule has 2 aromatic carbocycles. The van der Waals surface area contributed by atoms with Gasteiger partial charge in [-0.05, 0) is 62.2 Å². The lowest BCUT2D eigenvalue weighted by Crippen LogP contribution is -2.37. The van der Waals surface area contributed by atoms with Crippen LogP contribution < -0.4 is 14.9 Å². The van der Waals surface area contributed by atoms with E-state index in [1.54, 1.807) is 26.8 Å². The predicted molar refractivity (Wildman–Crippen MR) is 216 cm³/mol. The van der Waals surface area contributed by atoms with Crippen LogP contribution in [0.1, 0.15) is 130 Å². The molecule has 0 heterocycles. The SMILES string of the molecule is CCCCCCCCCCCCCCCCS(=O)(=O)Nc1ccc(Cl)c(NC(=O)C(=Nc2ccc(N(CC)CCO)cc2C)C(=O)C(C)(C)C)c1. The second-order valence-corrected chi connectivity index (χ2v) is 16.7. The van der Waals surface area contributed by atoms with Crippen LogP contribution in [0.3, 0.4) is 0 Å². The topological polar surface area (TPSA) is 128 Å². The number of carbonyl (C=O) groups excluding carboxylic acids is 2. The van der Waals surface area contributed by atoms with Crippen LogP contribution in [0.2, 0.25) is 5.02 Å². The van der Waals surface area contributed by atoms with E-state index in [9.17, 15) is 23.1 Å². The third kappa shape index (κ3) is 16.5. The van der Waals surface area contributed by atoms with Crippen molar-refractivity contribution in [2.45, 2.75) is 131 Å². The van der Waals surface area contributed by atoms with Gasteiger partial charge in [0.15, 0.2) is 11.5 Å². The van der Waals surface area contributed by atoms with Crippen LogP contribution in [0, 0.1) is 12.3 Å². The Hall–Kier alpha value is -2.95. The molecule has 0 bridgehead atoms. The van der Waals surface area contributed by atoms with Gasteiger partial charge in [0, 0.05) is 24.2 Å². The highest BCUT2D eigenvalue weighted by Crippen LogP contribution is 2.29. The fourth-order valence-corrected chi connectivity index (χ4v) is 7.15. The Morgan fingerprint density at radius 3 is 1.92 bits per heavy atom. The van der Waals surface area contributed by atoms with Gasteiger partial charge in [-0.2, -0.15) is 0 Å². The van der Waals surface area contributed by atoms with Gasteiger partial charge in [0.25, 0.3) is 5.91 Å². The highest BCUT2D eigenvalue weighted by molar-refractivity contribution is 7.92. The summed E-state index contributed by atoms with van der Waals surface area (Å²) in [6.45, 7) is 12.4. The van der Waals surface area contributed by atoms with Gasteiger partial charge in [-0.15, -0.1) is 0 Å². The maximum atomic E-state index is 13.6. The second kappa shape index (κ2) is 22.9. The van der Waals surface area contributed by atoms with E-state index in [1.165, 1.54) is 82.4 Å². The molecule has 0 aliphatic rings. The largest absolute Gasteiger partial charge is 0.395 e. The average Bonchev–Trinajstić information content (AvgIpc) is 3.07. The van der Waals surface area contributed by atoms with E-state index >= 15 is 0 Å². The molecule has 0 unspecified atom stereocenters. The maximum absolute atomic E-state index is 13.6. The third-order valence-electron chi connectivity index (χ3n) is 8.90. The summed E-state index contributed by atoms with van der Waals surface area (Å²) in [5.41, 5.74) is 1.32. The first kappa shape index (κ1) is 44.2. The number of ketones is 1. The normalized spacial score (nSPS) is 12.2. The van der Waals surface area contributed by atoms with Crippen molar-refractivity contribution in [2.75, 3.05) is 40.4 Å². The number of carbonyl (C=O) groups is 2. The number of amides is 1. The molecule has 2 aromatic rings. The Morgan fingerprint density at radius 1 is 0.843 bits per heavy atom. The minimum Gasteiger partial charge on any atom is -0.395 e. The van der Waals surface area contributed by atoms with Crippen LogP contribution in [0.5, 0.6) is 0 Å². The van der Waals surface area contributed by atoms with Gasteiger partial charge >= 0.3 is 0 Å². The number of nitrogens with one attached hydrogen (secondary N) is 2. The number of sulfonamides is 1. The molecule has 0 aliphatic heterocycles. The monoisotopic (exact) mass is 746 g/mol. The number of nitrogens with zero attached hydrogens (tertiary/aromatic N) is 2. The fourth-order valence-electron chi connectivity index (χ4n) is 5.82. The summed E-state index contributed by atoms with van der Waals surface area (Å²) < 4.78 is 28.4. The van der Waals surface area contributed by atoms with Crippen LogP contribution >= 0.6 is 11.6 Å². The lowest BCUT2D eigenvalue weighted by Gasteiger charge is -2.23. The molecule has 1 amide bonds. The molecule has 0 radical (unpaired) electrons. The Morgan fingerprint density at radius 2 is 1.41 bits per heavy atom. The lowest BCUT2D eigenvalue weighted by molar-refractivity contribution is -0.121. The molecule has 11 heteroatoms. The van der Waals surface area contributed by atoms with E-state index in [1.807, 2.05) is 30.9 Å². The number of Topliss-reactive ketones (excluding diaryl/α,β-unsaturated/α-hetero) is 1. The number of aliphatic hydroxyl groups excluding tert-OH is 1. The Bertz CT molecular complexity index is 1520. The van der Waals surface area contributed by atoms with Crippen molar-refractivity contribution in [3.8, 4) is 0 Å². The number of anilines is 3. The standard InChI is InChI=1S/C40H63ClN4O5S/c1-7-9-10-11-12-13-14-15-16-17-18-19-20-21-28-51(49,50)44-32-22-24-34(41)36(30-32)43-39(48)37(38(47)40(4,5)6)42-35-25-23-33(29-31(35)3)45(8-2)26-27-46/h22-25,29-30,44,46H,7-21,26-28H2,1-6H3,(H,43,48). The smallest absolute Gasteiger partial charge is 0.278 e. The highest BCUT2D eigenvalue weighted by Gasteiger charge is 2.31. The molecular weight excluding hydrogens is 684 g/mol. The molecule has 0 spiro atoms. The fraction of sp³-hybridized carbons (Fsp3) is 0.625. The minimum absolute atomic E-state index is 0.000394. The molecule has 286 valence electrons. The van der Waals surface area contributed by atoms with E-state index < -0.39 is 27.1 Å². The van der Waals surface area contributed by atoms with E-state index in [4.69, 9.17) is 11.6 Å². The summed E-state index contributed by atoms with van der Waals surface area (Å²) in [6.07, 6.45) is 16.7. The van der Waals surface area contributed by atoms with E-state index in [-0.39, 0.29) is 34.5 Å². The van der Waals surface area contributed by atoms with E-state index in [2.05, 4.69) is 22.0 Å². The summed E-state index contributed by atoms with van der Waals surface area (Å²) in [4.78, 5) is 33.7. The van der Waals surface area contributed by atoms with Crippen LogP contribution in [0.4, 0.5) is 22.7 Å². The number of hydrogen-bond acceptors (Lipinski definition) is 7. The zero-order chi connectivity index (χ0) is 37.9. The number of hydrogen-bond donors (Lipinski definition) is 3. The Kier molecular flexibility index (Phi) is 19.8. The zero-order valence-electron chi connectivity index (χ0n) is 32.0. The highest BCUT2D eigenvalue weighted by atomic mass is 35.5. The molecular formula is C40H63ClN4O5S. The van der Waals surface area contributed by atoms with Crippen molar-refractivity contribution in [1.29, 1.82) is 0 Å².